The van der Waals surface area contributed by atoms with Crippen molar-refractivity contribution in [3.63, 3.8) is 0 Å². The molecule has 3 atom stereocenters. The van der Waals surface area contributed by atoms with Crippen LogP contribution < -0.4 is 4.74 Å². The molecule has 2 aliphatic heterocycles. The number of likely N-dealkylation sites (tertiary alicyclic amines) is 2. The maximum Gasteiger partial charge on any atom is 0.228 e. The zero-order valence-corrected chi connectivity index (χ0v) is 18.3. The molecule has 29 heavy (non-hydrogen) atoms. The van der Waals surface area contributed by atoms with Crippen LogP contribution in [-0.4, -0.2) is 73.4 Å². The molecular weight excluding hydrogens is 366 g/mol. The molecule has 0 spiro atoms. The van der Waals surface area contributed by atoms with Gasteiger partial charge in [0.15, 0.2) is 0 Å². The normalized spacial score (nSPS) is 25.0. The van der Waals surface area contributed by atoms with Crippen molar-refractivity contribution in [3.8, 4) is 5.75 Å². The van der Waals surface area contributed by atoms with E-state index in [0.29, 0.717) is 19.0 Å². The number of piperidine rings is 1. The van der Waals surface area contributed by atoms with Crippen molar-refractivity contribution in [2.75, 3.05) is 40.8 Å². The number of rotatable bonds is 7. The zero-order chi connectivity index (χ0) is 21.0. The third kappa shape index (κ3) is 4.74. The van der Waals surface area contributed by atoms with Crippen LogP contribution in [0.3, 0.4) is 0 Å². The monoisotopic (exact) mass is 401 g/mol. The lowest BCUT2D eigenvalue weighted by molar-refractivity contribution is -0.138. The van der Waals surface area contributed by atoms with Gasteiger partial charge in [0.1, 0.15) is 5.75 Å². The first-order chi connectivity index (χ1) is 14.0. The lowest BCUT2D eigenvalue weighted by atomic mass is 9.91. The molecule has 1 aromatic carbocycles. The molecule has 3 rings (SSSR count). The van der Waals surface area contributed by atoms with Gasteiger partial charge < -0.3 is 19.4 Å². The summed E-state index contributed by atoms with van der Waals surface area (Å²) in [6, 6.07) is 8.04. The van der Waals surface area contributed by atoms with Gasteiger partial charge in [0.25, 0.3) is 0 Å². The van der Waals surface area contributed by atoms with Crippen molar-refractivity contribution < 1.29 is 14.3 Å². The smallest absolute Gasteiger partial charge is 0.228 e. The van der Waals surface area contributed by atoms with E-state index in [4.69, 9.17) is 4.74 Å². The van der Waals surface area contributed by atoms with E-state index >= 15 is 0 Å². The van der Waals surface area contributed by atoms with Gasteiger partial charge in [0, 0.05) is 32.1 Å². The summed E-state index contributed by atoms with van der Waals surface area (Å²) in [6.07, 6.45) is 4.41. The SMILES string of the molecule is CCCCN1C(=O)CC(C(=O)N2CCCC(N(C)C)C2)C1c1ccc(OC)cc1. The van der Waals surface area contributed by atoms with Gasteiger partial charge in [0.2, 0.25) is 11.8 Å². The van der Waals surface area contributed by atoms with Gasteiger partial charge >= 0.3 is 0 Å². The number of ether oxygens (including phenoxy) is 1. The number of hydrogen-bond donors (Lipinski definition) is 0. The fourth-order valence-corrected chi connectivity index (χ4v) is 4.63. The van der Waals surface area contributed by atoms with Crippen molar-refractivity contribution >= 4 is 11.8 Å². The number of hydrogen-bond acceptors (Lipinski definition) is 4. The van der Waals surface area contributed by atoms with Crippen molar-refractivity contribution in [2.45, 2.75) is 51.1 Å². The number of benzene rings is 1. The van der Waals surface area contributed by atoms with Crippen molar-refractivity contribution in [2.24, 2.45) is 5.92 Å². The minimum atomic E-state index is -0.311. The largest absolute Gasteiger partial charge is 0.497 e. The van der Waals surface area contributed by atoms with Crippen LogP contribution in [0.15, 0.2) is 24.3 Å². The fraction of sp³-hybridized carbons (Fsp3) is 0.652. The van der Waals surface area contributed by atoms with Gasteiger partial charge in [-0.3, -0.25) is 9.59 Å². The quantitative estimate of drug-likeness (QED) is 0.705. The summed E-state index contributed by atoms with van der Waals surface area (Å²) < 4.78 is 5.29. The molecule has 0 aromatic heterocycles. The van der Waals surface area contributed by atoms with Gasteiger partial charge in [-0.15, -0.1) is 0 Å². The van der Waals surface area contributed by atoms with Gasteiger partial charge in [-0.05, 0) is 51.1 Å². The Morgan fingerprint density at radius 3 is 2.59 bits per heavy atom. The highest BCUT2D eigenvalue weighted by Crippen LogP contribution is 2.40. The van der Waals surface area contributed by atoms with E-state index in [1.807, 2.05) is 34.1 Å². The highest BCUT2D eigenvalue weighted by atomic mass is 16.5. The first-order valence-corrected chi connectivity index (χ1v) is 10.8. The second kappa shape index (κ2) is 9.61. The second-order valence-electron chi connectivity index (χ2n) is 8.51. The highest BCUT2D eigenvalue weighted by molar-refractivity contribution is 5.90. The fourth-order valence-electron chi connectivity index (χ4n) is 4.63. The Labute approximate surface area is 174 Å². The van der Waals surface area contributed by atoms with E-state index in [2.05, 4.69) is 25.9 Å². The van der Waals surface area contributed by atoms with E-state index in [1.165, 1.54) is 0 Å². The van der Waals surface area contributed by atoms with Gasteiger partial charge in [-0.1, -0.05) is 25.5 Å². The van der Waals surface area contributed by atoms with Gasteiger partial charge in [-0.2, -0.15) is 0 Å². The molecule has 0 N–H and O–H groups in total. The molecular formula is C23H35N3O3. The predicted molar refractivity (Wildman–Crippen MR) is 114 cm³/mol. The van der Waals surface area contributed by atoms with E-state index in [0.717, 1.165) is 50.1 Å². The van der Waals surface area contributed by atoms with Crippen LogP contribution in [0.2, 0.25) is 0 Å². The van der Waals surface area contributed by atoms with E-state index < -0.39 is 0 Å². The van der Waals surface area contributed by atoms with Gasteiger partial charge in [-0.25, -0.2) is 0 Å². The van der Waals surface area contributed by atoms with E-state index in [9.17, 15) is 9.59 Å². The predicted octanol–water partition coefficient (Wildman–Crippen LogP) is 2.94. The minimum Gasteiger partial charge on any atom is -0.497 e. The third-order valence-corrected chi connectivity index (χ3v) is 6.40. The summed E-state index contributed by atoms with van der Waals surface area (Å²) in [6.45, 7) is 4.37. The van der Waals surface area contributed by atoms with Crippen LogP contribution in [-0.2, 0) is 9.59 Å². The Morgan fingerprint density at radius 1 is 1.24 bits per heavy atom. The van der Waals surface area contributed by atoms with Crippen LogP contribution in [0.5, 0.6) is 5.75 Å². The Bertz CT molecular complexity index is 704. The molecule has 6 heteroatoms. The Hall–Kier alpha value is -2.08. The van der Waals surface area contributed by atoms with Crippen molar-refractivity contribution in [1.29, 1.82) is 0 Å². The summed E-state index contributed by atoms with van der Waals surface area (Å²) in [5, 5.41) is 0. The molecule has 0 saturated carbocycles. The molecule has 2 saturated heterocycles. The first-order valence-electron chi connectivity index (χ1n) is 10.8. The van der Waals surface area contributed by atoms with Crippen molar-refractivity contribution in [1.82, 2.24) is 14.7 Å². The molecule has 160 valence electrons. The Morgan fingerprint density at radius 2 is 1.97 bits per heavy atom. The molecule has 2 heterocycles. The minimum absolute atomic E-state index is 0.0961. The lowest BCUT2D eigenvalue weighted by Crippen LogP contribution is -2.49. The van der Waals surface area contributed by atoms with Gasteiger partial charge in [0.05, 0.1) is 19.1 Å². The van der Waals surface area contributed by atoms with Crippen LogP contribution in [0.25, 0.3) is 0 Å². The standard InChI is InChI=1S/C23H35N3O3/c1-5-6-14-26-21(27)15-20(22(26)17-9-11-19(29-4)12-10-17)23(28)25-13-7-8-18(16-25)24(2)3/h9-12,18,20,22H,5-8,13-16H2,1-4H3. The molecule has 2 aliphatic rings. The Balaban J connectivity index is 1.86. The van der Waals surface area contributed by atoms with E-state index in [-0.39, 0.29) is 23.8 Å². The number of nitrogens with zero attached hydrogens (tertiary/aromatic N) is 3. The average Bonchev–Trinajstić information content (AvgIpc) is 3.07. The third-order valence-electron chi connectivity index (χ3n) is 6.40. The lowest BCUT2D eigenvalue weighted by Gasteiger charge is -2.38. The Kier molecular flexibility index (Phi) is 7.17. The number of carbonyl (C=O) groups excluding carboxylic acids is 2. The zero-order valence-electron chi connectivity index (χ0n) is 18.3. The number of methoxy groups -OCH3 is 1. The maximum absolute atomic E-state index is 13.5. The molecule has 0 aliphatic carbocycles. The van der Waals surface area contributed by atoms with Crippen molar-refractivity contribution in [3.05, 3.63) is 29.8 Å². The highest BCUT2D eigenvalue weighted by Gasteiger charge is 2.46. The van der Waals surface area contributed by atoms with Crippen LogP contribution in [0.4, 0.5) is 0 Å². The second-order valence-corrected chi connectivity index (χ2v) is 8.51. The summed E-state index contributed by atoms with van der Waals surface area (Å²) in [4.78, 5) is 32.5. The first kappa shape index (κ1) is 21.6. The maximum atomic E-state index is 13.5. The van der Waals surface area contributed by atoms with Crippen LogP contribution >= 0.6 is 0 Å². The molecule has 6 nitrogen and oxygen atoms in total. The molecule has 0 radical (unpaired) electrons. The summed E-state index contributed by atoms with van der Waals surface area (Å²) in [5.41, 5.74) is 1.02. The summed E-state index contributed by atoms with van der Waals surface area (Å²) >= 11 is 0. The molecule has 2 fully saturated rings. The summed E-state index contributed by atoms with van der Waals surface area (Å²) in [5.74, 6) is 0.697. The van der Waals surface area contributed by atoms with Crippen LogP contribution in [0.1, 0.15) is 50.6 Å². The molecule has 2 amide bonds. The number of likely N-dealkylation sites (N-methyl/N-ethyl adjacent to an activating group) is 1. The van der Waals surface area contributed by atoms with Crippen LogP contribution in [0, 0.1) is 5.92 Å². The summed E-state index contributed by atoms with van der Waals surface area (Å²) in [7, 11) is 5.79. The average molecular weight is 402 g/mol. The topological polar surface area (TPSA) is 53.1 Å². The number of carbonyl (C=O) groups is 2. The number of unbranched alkanes of at least 4 members (excludes halogenated alkanes) is 1. The van der Waals surface area contributed by atoms with E-state index in [1.54, 1.807) is 7.11 Å². The molecule has 3 unspecified atom stereocenters. The molecule has 0 bridgehead atoms. The molecule has 1 aromatic rings. The number of amides is 2.